The van der Waals surface area contributed by atoms with Crippen LogP contribution in [0.4, 0.5) is 10.5 Å². The summed E-state index contributed by atoms with van der Waals surface area (Å²) >= 11 is 5.83. The molecule has 3 aromatic rings. The number of ether oxygens (including phenoxy) is 1. The van der Waals surface area contributed by atoms with Crippen LogP contribution in [-0.4, -0.2) is 22.7 Å². The van der Waals surface area contributed by atoms with Crippen LogP contribution in [0.2, 0.25) is 5.02 Å². The number of rotatable bonds is 4. The number of nitrogens with one attached hydrogen (secondary N) is 2. The zero-order chi connectivity index (χ0) is 17.1. The van der Waals surface area contributed by atoms with E-state index in [1.54, 1.807) is 37.7 Å². The van der Waals surface area contributed by atoms with Crippen molar-refractivity contribution in [3.05, 3.63) is 53.3 Å². The first-order valence-electron chi connectivity index (χ1n) is 7.36. The smallest absolute Gasteiger partial charge is 0.319 e. The normalized spacial score (nSPS) is 10.6. The fourth-order valence-electron chi connectivity index (χ4n) is 2.55. The Morgan fingerprint density at radius 1 is 1.25 bits per heavy atom. The Morgan fingerprint density at radius 3 is 2.71 bits per heavy atom. The van der Waals surface area contributed by atoms with Crippen molar-refractivity contribution in [3.8, 4) is 5.75 Å². The van der Waals surface area contributed by atoms with Crippen molar-refractivity contribution >= 4 is 34.4 Å². The first-order chi connectivity index (χ1) is 11.6. The quantitative estimate of drug-likeness (QED) is 0.760. The van der Waals surface area contributed by atoms with E-state index in [2.05, 4.69) is 15.6 Å². The zero-order valence-electron chi connectivity index (χ0n) is 13.3. The van der Waals surface area contributed by atoms with Gasteiger partial charge in [-0.05, 0) is 36.4 Å². The molecule has 2 amide bonds. The number of methoxy groups -OCH3 is 1. The van der Waals surface area contributed by atoms with Gasteiger partial charge in [0.1, 0.15) is 5.75 Å². The van der Waals surface area contributed by atoms with Gasteiger partial charge in [0.2, 0.25) is 0 Å². The number of halogens is 1. The van der Waals surface area contributed by atoms with E-state index in [4.69, 9.17) is 16.3 Å². The second kappa shape index (κ2) is 6.80. The predicted molar refractivity (Wildman–Crippen MR) is 94.6 cm³/mol. The van der Waals surface area contributed by atoms with Crippen molar-refractivity contribution in [2.75, 3.05) is 12.4 Å². The number of imidazole rings is 1. The summed E-state index contributed by atoms with van der Waals surface area (Å²) < 4.78 is 7.32. The number of amides is 2. The van der Waals surface area contributed by atoms with E-state index >= 15 is 0 Å². The molecule has 2 N–H and O–H groups in total. The predicted octanol–water partition coefficient (Wildman–Crippen LogP) is 3.56. The highest BCUT2D eigenvalue weighted by Crippen LogP contribution is 2.27. The summed E-state index contributed by atoms with van der Waals surface area (Å²) in [5.41, 5.74) is 3.33. The van der Waals surface area contributed by atoms with E-state index in [1.165, 1.54) is 0 Å². The third kappa shape index (κ3) is 3.28. The summed E-state index contributed by atoms with van der Waals surface area (Å²) in [6.45, 7) is 0.319. The molecular formula is C17H17ClN4O2. The summed E-state index contributed by atoms with van der Waals surface area (Å²) in [6, 6.07) is 10.4. The van der Waals surface area contributed by atoms with E-state index in [-0.39, 0.29) is 6.03 Å². The van der Waals surface area contributed by atoms with E-state index in [0.717, 1.165) is 16.6 Å². The van der Waals surface area contributed by atoms with Gasteiger partial charge in [0.15, 0.2) is 0 Å². The molecule has 0 bridgehead atoms. The Kier molecular flexibility index (Phi) is 4.57. The van der Waals surface area contributed by atoms with Gasteiger partial charge >= 0.3 is 6.03 Å². The first-order valence-corrected chi connectivity index (χ1v) is 7.73. The molecule has 0 unspecified atom stereocenters. The molecule has 0 fully saturated rings. The maximum absolute atomic E-state index is 12.1. The van der Waals surface area contributed by atoms with Crippen molar-refractivity contribution in [1.29, 1.82) is 0 Å². The minimum absolute atomic E-state index is 0.307. The van der Waals surface area contributed by atoms with Gasteiger partial charge in [-0.2, -0.15) is 0 Å². The van der Waals surface area contributed by atoms with Crippen LogP contribution in [-0.2, 0) is 13.6 Å². The van der Waals surface area contributed by atoms with Gasteiger partial charge in [-0.25, -0.2) is 9.78 Å². The Balaban J connectivity index is 1.76. The highest BCUT2D eigenvalue weighted by atomic mass is 35.5. The Morgan fingerprint density at radius 2 is 2.00 bits per heavy atom. The summed E-state index contributed by atoms with van der Waals surface area (Å²) in [4.78, 5) is 16.4. The van der Waals surface area contributed by atoms with Crippen molar-refractivity contribution in [2.45, 2.75) is 6.54 Å². The molecule has 0 aliphatic heterocycles. The van der Waals surface area contributed by atoms with Crippen LogP contribution in [0.3, 0.4) is 0 Å². The minimum atomic E-state index is -0.307. The van der Waals surface area contributed by atoms with Crippen LogP contribution in [0.25, 0.3) is 11.0 Å². The summed E-state index contributed by atoms with van der Waals surface area (Å²) in [5, 5.41) is 6.22. The molecule has 2 aromatic carbocycles. The number of hydrogen-bond donors (Lipinski definition) is 2. The lowest BCUT2D eigenvalue weighted by molar-refractivity contribution is 0.251. The van der Waals surface area contributed by atoms with Crippen molar-refractivity contribution in [3.63, 3.8) is 0 Å². The molecule has 0 aliphatic carbocycles. The Hall–Kier alpha value is -2.73. The number of carbonyl (C=O) groups excluding carboxylic acids is 1. The molecule has 0 spiro atoms. The average molecular weight is 345 g/mol. The number of carbonyl (C=O) groups is 1. The van der Waals surface area contributed by atoms with Crippen LogP contribution >= 0.6 is 11.6 Å². The number of urea groups is 1. The van der Waals surface area contributed by atoms with E-state index < -0.39 is 0 Å². The average Bonchev–Trinajstić information content (AvgIpc) is 2.96. The van der Waals surface area contributed by atoms with Crippen LogP contribution < -0.4 is 15.4 Å². The lowest BCUT2D eigenvalue weighted by Crippen LogP contribution is -2.28. The summed E-state index contributed by atoms with van der Waals surface area (Å²) in [5.74, 6) is 0.706. The molecule has 7 heteroatoms. The summed E-state index contributed by atoms with van der Waals surface area (Å²) in [6.07, 6.45) is 1.74. The molecule has 1 aromatic heterocycles. The molecular weight excluding hydrogens is 328 g/mol. The largest absolute Gasteiger partial charge is 0.496 e. The summed E-state index contributed by atoms with van der Waals surface area (Å²) in [7, 11) is 3.51. The van der Waals surface area contributed by atoms with E-state index in [1.807, 2.05) is 23.7 Å². The SMILES string of the molecule is COc1ccc2ncn(C)c2c1CNC(=O)Nc1ccc(Cl)cc1. The highest BCUT2D eigenvalue weighted by molar-refractivity contribution is 6.30. The lowest BCUT2D eigenvalue weighted by atomic mass is 10.1. The second-order valence-corrected chi connectivity index (χ2v) is 5.72. The number of hydrogen-bond acceptors (Lipinski definition) is 3. The molecule has 24 heavy (non-hydrogen) atoms. The van der Waals surface area contributed by atoms with Crippen LogP contribution in [0, 0.1) is 0 Å². The molecule has 0 saturated heterocycles. The van der Waals surface area contributed by atoms with Crippen LogP contribution in [0.15, 0.2) is 42.7 Å². The standard InChI is InChI=1S/C17H17ClN4O2/c1-22-10-20-14-7-8-15(24-2)13(16(14)22)9-19-17(23)21-12-5-3-11(18)4-6-12/h3-8,10H,9H2,1-2H3,(H2,19,21,23). The van der Waals surface area contributed by atoms with Crippen molar-refractivity contribution < 1.29 is 9.53 Å². The fraction of sp³-hybridized carbons (Fsp3) is 0.176. The molecule has 124 valence electrons. The molecule has 1 heterocycles. The number of nitrogens with zero attached hydrogens (tertiary/aromatic N) is 2. The molecule has 6 nitrogen and oxygen atoms in total. The molecule has 0 aliphatic rings. The van der Waals surface area contributed by atoms with Gasteiger partial charge in [0.25, 0.3) is 0 Å². The molecule has 0 radical (unpaired) electrons. The minimum Gasteiger partial charge on any atom is -0.496 e. The third-order valence-corrected chi connectivity index (χ3v) is 3.94. The van der Waals surface area contributed by atoms with E-state index in [0.29, 0.717) is 23.0 Å². The molecule has 0 saturated carbocycles. The highest BCUT2D eigenvalue weighted by Gasteiger charge is 2.13. The van der Waals surface area contributed by atoms with Gasteiger partial charge in [-0.15, -0.1) is 0 Å². The molecule has 3 rings (SSSR count). The van der Waals surface area contributed by atoms with Gasteiger partial charge in [0, 0.05) is 23.3 Å². The Bertz CT molecular complexity index is 874. The van der Waals surface area contributed by atoms with Crippen LogP contribution in [0.1, 0.15) is 5.56 Å². The maximum atomic E-state index is 12.1. The first kappa shape index (κ1) is 16.1. The number of aromatic nitrogens is 2. The van der Waals surface area contributed by atoms with Gasteiger partial charge in [-0.3, -0.25) is 0 Å². The lowest BCUT2D eigenvalue weighted by Gasteiger charge is -2.13. The topological polar surface area (TPSA) is 68.2 Å². The van der Waals surface area contributed by atoms with Crippen LogP contribution in [0.5, 0.6) is 5.75 Å². The second-order valence-electron chi connectivity index (χ2n) is 5.28. The zero-order valence-corrected chi connectivity index (χ0v) is 14.1. The van der Waals surface area contributed by atoms with Crippen molar-refractivity contribution in [2.24, 2.45) is 7.05 Å². The van der Waals surface area contributed by atoms with Gasteiger partial charge < -0.3 is 19.9 Å². The third-order valence-electron chi connectivity index (χ3n) is 3.69. The van der Waals surface area contributed by atoms with Gasteiger partial charge in [0.05, 0.1) is 31.0 Å². The number of aryl methyl sites for hydroxylation is 1. The Labute approximate surface area is 144 Å². The van der Waals surface area contributed by atoms with Gasteiger partial charge in [-0.1, -0.05) is 11.6 Å². The number of benzene rings is 2. The monoisotopic (exact) mass is 344 g/mol. The maximum Gasteiger partial charge on any atom is 0.319 e. The number of fused-ring (bicyclic) bond motifs is 1. The van der Waals surface area contributed by atoms with Crippen molar-refractivity contribution in [1.82, 2.24) is 14.9 Å². The molecule has 0 atom stereocenters. The number of anilines is 1. The van der Waals surface area contributed by atoms with E-state index in [9.17, 15) is 4.79 Å². The fourth-order valence-corrected chi connectivity index (χ4v) is 2.67.